The van der Waals surface area contributed by atoms with E-state index < -0.39 is 0 Å². The van der Waals surface area contributed by atoms with Crippen LogP contribution in [0.3, 0.4) is 0 Å². The molecule has 5 aromatic rings. The van der Waals surface area contributed by atoms with Crippen LogP contribution in [0.4, 0.5) is 11.4 Å². The summed E-state index contributed by atoms with van der Waals surface area (Å²) in [7, 11) is 0. The van der Waals surface area contributed by atoms with Crippen LogP contribution in [0.2, 0.25) is 5.02 Å². The summed E-state index contributed by atoms with van der Waals surface area (Å²) >= 11 is 9.23. The minimum atomic E-state index is -0.0722. The quantitative estimate of drug-likeness (QED) is 0.214. The lowest BCUT2D eigenvalue weighted by Gasteiger charge is -2.31. The van der Waals surface area contributed by atoms with Gasteiger partial charge in [-0.3, -0.25) is 9.69 Å². The average Bonchev–Trinajstić information content (AvgIpc) is 3.36. The van der Waals surface area contributed by atoms with Crippen LogP contribution in [-0.4, -0.2) is 16.6 Å². The number of carbonyl (C=O) groups excluding carboxylic acids is 1. The van der Waals surface area contributed by atoms with Crippen LogP contribution < -0.4 is 4.90 Å². The Morgan fingerprint density at radius 2 is 1.50 bits per heavy atom. The summed E-state index contributed by atoms with van der Waals surface area (Å²) in [5, 5.41) is 1.04. The van der Waals surface area contributed by atoms with Crippen molar-refractivity contribution in [2.75, 3.05) is 10.7 Å². The number of hydrogen-bond acceptors (Lipinski definition) is 5. The Morgan fingerprint density at radius 1 is 0.833 bits per heavy atom. The van der Waals surface area contributed by atoms with Crippen molar-refractivity contribution < 1.29 is 9.21 Å². The Hall–Kier alpha value is -3.45. The molecule has 0 bridgehead atoms. The second-order valence-electron chi connectivity index (χ2n) is 8.09. The van der Waals surface area contributed by atoms with Crippen molar-refractivity contribution in [1.29, 1.82) is 0 Å². The van der Waals surface area contributed by atoms with Crippen molar-refractivity contribution >= 4 is 52.4 Å². The Bertz CT molecular complexity index is 1500. The van der Waals surface area contributed by atoms with Crippen LogP contribution in [0.1, 0.15) is 0 Å². The zero-order valence-corrected chi connectivity index (χ0v) is 21.3. The lowest BCUT2D eigenvalue weighted by molar-refractivity contribution is -0.115. The zero-order chi connectivity index (χ0) is 24.5. The Kier molecular flexibility index (Phi) is 6.32. The molecule has 0 fully saturated rings. The van der Waals surface area contributed by atoms with Gasteiger partial charge in [0.1, 0.15) is 5.69 Å². The standard InChI is InChI=1S/C29H19ClN2O2S2/c30-21-15-16-25-23(17-21)32(22-13-7-8-14-24(22)36-25)26(33)18-35-29-31-27(19-9-3-1-4-10-19)28(34-29)20-11-5-2-6-12-20/h1-17H,18H2. The minimum absolute atomic E-state index is 0.0722. The van der Waals surface area contributed by atoms with E-state index in [1.54, 1.807) is 16.7 Å². The lowest BCUT2D eigenvalue weighted by Crippen LogP contribution is -2.30. The topological polar surface area (TPSA) is 46.3 Å². The summed E-state index contributed by atoms with van der Waals surface area (Å²) in [6, 6.07) is 33.4. The van der Waals surface area contributed by atoms with E-state index in [9.17, 15) is 4.79 Å². The lowest BCUT2D eigenvalue weighted by atomic mass is 10.1. The van der Waals surface area contributed by atoms with Crippen molar-refractivity contribution in [3.05, 3.63) is 108 Å². The predicted octanol–water partition coefficient (Wildman–Crippen LogP) is 8.58. The summed E-state index contributed by atoms with van der Waals surface area (Å²) in [5.41, 5.74) is 4.30. The molecule has 1 aliphatic heterocycles. The Morgan fingerprint density at radius 3 is 2.28 bits per heavy atom. The maximum Gasteiger partial charge on any atom is 0.257 e. The van der Waals surface area contributed by atoms with Crippen LogP contribution in [0.15, 0.2) is 123 Å². The van der Waals surface area contributed by atoms with Crippen molar-refractivity contribution in [1.82, 2.24) is 4.98 Å². The van der Waals surface area contributed by atoms with Gasteiger partial charge in [-0.25, -0.2) is 4.98 Å². The maximum absolute atomic E-state index is 13.6. The highest BCUT2D eigenvalue weighted by molar-refractivity contribution is 8.00. The molecule has 1 aliphatic rings. The van der Waals surface area contributed by atoms with Gasteiger partial charge in [-0.05, 0) is 30.3 Å². The summed E-state index contributed by atoms with van der Waals surface area (Å²) in [5.74, 6) is 0.777. The van der Waals surface area contributed by atoms with E-state index in [1.165, 1.54) is 11.8 Å². The molecular weight excluding hydrogens is 508 g/mol. The molecule has 0 atom stereocenters. The zero-order valence-electron chi connectivity index (χ0n) is 18.9. The normalized spacial score (nSPS) is 12.2. The van der Waals surface area contributed by atoms with Gasteiger partial charge in [0.15, 0.2) is 5.76 Å². The van der Waals surface area contributed by atoms with Gasteiger partial charge >= 0.3 is 0 Å². The number of hydrogen-bond donors (Lipinski definition) is 0. The van der Waals surface area contributed by atoms with Gasteiger partial charge in [-0.1, -0.05) is 108 Å². The van der Waals surface area contributed by atoms with Crippen LogP contribution in [0.5, 0.6) is 0 Å². The molecule has 1 aromatic heterocycles. The highest BCUT2D eigenvalue weighted by Crippen LogP contribution is 2.49. The largest absolute Gasteiger partial charge is 0.431 e. The second-order valence-corrected chi connectivity index (χ2v) is 10.5. The molecule has 0 saturated carbocycles. The number of para-hydroxylation sites is 1. The molecule has 0 unspecified atom stereocenters. The predicted molar refractivity (Wildman–Crippen MR) is 147 cm³/mol. The first-order chi connectivity index (χ1) is 17.7. The highest BCUT2D eigenvalue weighted by Gasteiger charge is 2.29. The molecule has 0 spiro atoms. The summed E-state index contributed by atoms with van der Waals surface area (Å²) in [6.07, 6.45) is 0. The number of oxazole rings is 1. The van der Waals surface area contributed by atoms with E-state index in [0.29, 0.717) is 16.0 Å². The maximum atomic E-state index is 13.6. The molecule has 2 heterocycles. The van der Waals surface area contributed by atoms with E-state index in [0.717, 1.165) is 38.0 Å². The van der Waals surface area contributed by atoms with E-state index in [-0.39, 0.29) is 11.7 Å². The fraction of sp³-hybridized carbons (Fsp3) is 0.0345. The fourth-order valence-electron chi connectivity index (χ4n) is 4.12. The molecule has 0 radical (unpaired) electrons. The Balaban J connectivity index is 1.32. The molecule has 4 nitrogen and oxygen atoms in total. The van der Waals surface area contributed by atoms with Gasteiger partial charge in [0.25, 0.3) is 5.22 Å². The van der Waals surface area contributed by atoms with Crippen LogP contribution in [-0.2, 0) is 4.79 Å². The third-order valence-electron chi connectivity index (χ3n) is 5.75. The van der Waals surface area contributed by atoms with Crippen molar-refractivity contribution in [2.24, 2.45) is 0 Å². The molecular formula is C29H19ClN2O2S2. The number of amides is 1. The summed E-state index contributed by atoms with van der Waals surface area (Å²) in [6.45, 7) is 0. The first-order valence-corrected chi connectivity index (χ1v) is 13.5. The number of halogens is 1. The van der Waals surface area contributed by atoms with Crippen molar-refractivity contribution in [3.63, 3.8) is 0 Å². The first-order valence-electron chi connectivity index (χ1n) is 11.3. The number of nitrogens with zero attached hydrogens (tertiary/aromatic N) is 2. The SMILES string of the molecule is O=C(CSc1nc(-c2ccccc2)c(-c2ccccc2)o1)N1c2ccccc2Sc2ccc(Cl)cc21. The van der Waals surface area contributed by atoms with Crippen molar-refractivity contribution in [3.8, 4) is 22.6 Å². The molecule has 36 heavy (non-hydrogen) atoms. The van der Waals surface area contributed by atoms with Crippen LogP contribution in [0, 0.1) is 0 Å². The number of fused-ring (bicyclic) bond motifs is 2. The minimum Gasteiger partial charge on any atom is -0.431 e. The first kappa shape index (κ1) is 23.0. The van der Waals surface area contributed by atoms with E-state index >= 15 is 0 Å². The molecule has 176 valence electrons. The molecule has 6 rings (SSSR count). The number of rotatable bonds is 5. The van der Waals surface area contributed by atoms with Gasteiger partial charge in [0.05, 0.1) is 17.1 Å². The Labute approximate surface area is 222 Å². The molecule has 4 aromatic carbocycles. The highest BCUT2D eigenvalue weighted by atomic mass is 35.5. The summed E-state index contributed by atoms with van der Waals surface area (Å²) < 4.78 is 6.21. The van der Waals surface area contributed by atoms with Crippen LogP contribution in [0.25, 0.3) is 22.6 Å². The number of aromatic nitrogens is 1. The van der Waals surface area contributed by atoms with E-state index in [1.807, 2.05) is 103 Å². The van der Waals surface area contributed by atoms with E-state index in [2.05, 4.69) is 0 Å². The van der Waals surface area contributed by atoms with Gasteiger partial charge in [0, 0.05) is 25.9 Å². The van der Waals surface area contributed by atoms with Gasteiger partial charge in [0.2, 0.25) is 5.91 Å². The number of anilines is 2. The number of carbonyl (C=O) groups is 1. The molecule has 0 saturated heterocycles. The monoisotopic (exact) mass is 526 g/mol. The third kappa shape index (κ3) is 4.44. The van der Waals surface area contributed by atoms with Gasteiger partial charge in [-0.15, -0.1) is 0 Å². The average molecular weight is 527 g/mol. The van der Waals surface area contributed by atoms with E-state index in [4.69, 9.17) is 21.0 Å². The second kappa shape index (κ2) is 9.90. The van der Waals surface area contributed by atoms with Crippen molar-refractivity contribution in [2.45, 2.75) is 15.0 Å². The van der Waals surface area contributed by atoms with Gasteiger partial charge in [-0.2, -0.15) is 0 Å². The van der Waals surface area contributed by atoms with Gasteiger partial charge < -0.3 is 4.42 Å². The summed E-state index contributed by atoms with van der Waals surface area (Å²) in [4.78, 5) is 22.2. The molecule has 0 aliphatic carbocycles. The fourth-order valence-corrected chi connectivity index (χ4v) is 6.00. The molecule has 0 N–H and O–H groups in total. The molecule has 7 heteroatoms. The molecule has 1 amide bonds. The van der Waals surface area contributed by atoms with Crippen LogP contribution >= 0.6 is 35.1 Å². The number of thioether (sulfide) groups is 1. The third-order valence-corrected chi connectivity index (χ3v) is 7.93. The number of benzene rings is 4. The smallest absolute Gasteiger partial charge is 0.257 e.